The molecule has 0 spiro atoms. The SMILES string of the molecule is CC(CCS(C)=O)NC(=O)CC#N. The third-order valence-corrected chi connectivity index (χ3v) is 2.30. The van der Waals surface area contributed by atoms with E-state index in [1.807, 2.05) is 6.92 Å². The van der Waals surface area contributed by atoms with Gasteiger partial charge >= 0.3 is 0 Å². The normalized spacial score (nSPS) is 14.2. The zero-order valence-corrected chi connectivity index (χ0v) is 8.69. The lowest BCUT2D eigenvalue weighted by molar-refractivity contribution is -0.120. The highest BCUT2D eigenvalue weighted by atomic mass is 32.2. The molecule has 74 valence electrons. The quantitative estimate of drug-likeness (QED) is 0.691. The van der Waals surface area contributed by atoms with Crippen LogP contribution in [-0.2, 0) is 15.6 Å². The number of nitriles is 1. The third kappa shape index (κ3) is 7.47. The molecule has 0 aromatic heterocycles. The molecule has 4 nitrogen and oxygen atoms in total. The molecule has 5 heteroatoms. The molecule has 0 heterocycles. The topological polar surface area (TPSA) is 70.0 Å². The van der Waals surface area contributed by atoms with Crippen molar-refractivity contribution in [1.29, 1.82) is 5.26 Å². The van der Waals surface area contributed by atoms with Crippen LogP contribution in [0, 0.1) is 11.3 Å². The predicted octanol–water partition coefficient (Wildman–Crippen LogP) is 0.173. The van der Waals surface area contributed by atoms with Crippen LogP contribution in [0.1, 0.15) is 19.8 Å². The number of rotatable bonds is 5. The summed E-state index contributed by atoms with van der Waals surface area (Å²) >= 11 is 0. The van der Waals surface area contributed by atoms with Crippen molar-refractivity contribution in [3.63, 3.8) is 0 Å². The minimum absolute atomic E-state index is 0.00949. The molecule has 0 bridgehead atoms. The molecular formula is C8H14N2O2S. The third-order valence-electron chi connectivity index (χ3n) is 1.49. The number of nitrogens with zero attached hydrogens (tertiary/aromatic N) is 1. The van der Waals surface area contributed by atoms with Gasteiger partial charge in [-0.3, -0.25) is 9.00 Å². The molecule has 0 fully saturated rings. The highest BCUT2D eigenvalue weighted by molar-refractivity contribution is 7.84. The Bertz CT molecular complexity index is 235. The first-order valence-corrected chi connectivity index (χ1v) is 5.75. The molecule has 0 aromatic rings. The second kappa shape index (κ2) is 6.61. The lowest BCUT2D eigenvalue weighted by atomic mass is 10.2. The van der Waals surface area contributed by atoms with E-state index in [4.69, 9.17) is 5.26 Å². The zero-order chi connectivity index (χ0) is 10.3. The molecule has 0 aromatic carbocycles. The van der Waals surface area contributed by atoms with E-state index in [2.05, 4.69) is 5.32 Å². The van der Waals surface area contributed by atoms with Crippen LogP contribution in [-0.4, -0.2) is 28.2 Å². The molecular weight excluding hydrogens is 188 g/mol. The van der Waals surface area contributed by atoms with Crippen molar-refractivity contribution < 1.29 is 9.00 Å². The second-order valence-corrected chi connectivity index (χ2v) is 4.42. The Kier molecular flexibility index (Phi) is 6.15. The lowest BCUT2D eigenvalue weighted by Gasteiger charge is -2.11. The maximum absolute atomic E-state index is 10.9. The van der Waals surface area contributed by atoms with Gasteiger partial charge in [0.25, 0.3) is 0 Å². The van der Waals surface area contributed by atoms with Gasteiger partial charge in [-0.2, -0.15) is 5.26 Å². The summed E-state index contributed by atoms with van der Waals surface area (Å²) in [6, 6.07) is 1.76. The van der Waals surface area contributed by atoms with Crippen molar-refractivity contribution in [2.75, 3.05) is 12.0 Å². The summed E-state index contributed by atoms with van der Waals surface area (Å²) in [4.78, 5) is 10.9. The molecule has 1 amide bonds. The zero-order valence-electron chi connectivity index (χ0n) is 7.87. The van der Waals surface area contributed by atoms with Crippen molar-refractivity contribution in [3.05, 3.63) is 0 Å². The Morgan fingerprint density at radius 1 is 1.69 bits per heavy atom. The van der Waals surface area contributed by atoms with Gasteiger partial charge in [0.2, 0.25) is 5.91 Å². The molecule has 0 aliphatic rings. The minimum atomic E-state index is -0.821. The summed E-state index contributed by atoms with van der Waals surface area (Å²) in [5.41, 5.74) is 0. The van der Waals surface area contributed by atoms with Crippen LogP contribution in [0.4, 0.5) is 0 Å². The average Bonchev–Trinajstić information content (AvgIpc) is 2.01. The van der Waals surface area contributed by atoms with E-state index in [9.17, 15) is 9.00 Å². The van der Waals surface area contributed by atoms with Crippen LogP contribution >= 0.6 is 0 Å². The van der Waals surface area contributed by atoms with Crippen molar-refractivity contribution in [2.24, 2.45) is 0 Å². The minimum Gasteiger partial charge on any atom is -0.353 e. The van der Waals surface area contributed by atoms with Crippen LogP contribution in [0.5, 0.6) is 0 Å². The van der Waals surface area contributed by atoms with Gasteiger partial charge in [0.15, 0.2) is 0 Å². The standard InChI is InChI=1S/C8H14N2O2S/c1-7(4-6-13(2)12)10-8(11)3-5-9/h7H,3-4,6H2,1-2H3,(H,10,11). The molecule has 0 radical (unpaired) electrons. The van der Waals surface area contributed by atoms with E-state index >= 15 is 0 Å². The van der Waals surface area contributed by atoms with Crippen LogP contribution < -0.4 is 5.32 Å². The smallest absolute Gasteiger partial charge is 0.234 e. The van der Waals surface area contributed by atoms with Crippen LogP contribution in [0.3, 0.4) is 0 Å². The Morgan fingerprint density at radius 2 is 2.31 bits per heavy atom. The Balaban J connectivity index is 3.62. The first kappa shape index (κ1) is 12.1. The van der Waals surface area contributed by atoms with Crippen molar-refractivity contribution in [3.8, 4) is 6.07 Å². The fourth-order valence-electron chi connectivity index (χ4n) is 0.813. The summed E-state index contributed by atoms with van der Waals surface area (Å²) in [6.07, 6.45) is 2.20. The van der Waals surface area contributed by atoms with Crippen LogP contribution in [0.2, 0.25) is 0 Å². The number of hydrogen-bond donors (Lipinski definition) is 1. The fourth-order valence-corrected chi connectivity index (χ4v) is 1.50. The van der Waals surface area contributed by atoms with E-state index < -0.39 is 10.8 Å². The van der Waals surface area contributed by atoms with Gasteiger partial charge in [-0.05, 0) is 13.3 Å². The maximum Gasteiger partial charge on any atom is 0.234 e. The summed E-state index contributed by atoms with van der Waals surface area (Å²) in [6.45, 7) is 1.84. The van der Waals surface area contributed by atoms with E-state index in [0.29, 0.717) is 12.2 Å². The highest BCUT2D eigenvalue weighted by Crippen LogP contribution is 1.93. The average molecular weight is 202 g/mol. The van der Waals surface area contributed by atoms with E-state index in [0.717, 1.165) is 0 Å². The summed E-state index contributed by atoms with van der Waals surface area (Å²) in [5, 5.41) is 10.8. The van der Waals surface area contributed by atoms with Crippen LogP contribution in [0.25, 0.3) is 0 Å². The first-order valence-electron chi connectivity index (χ1n) is 4.02. The molecule has 13 heavy (non-hydrogen) atoms. The largest absolute Gasteiger partial charge is 0.353 e. The molecule has 0 aliphatic carbocycles. The Labute approximate surface area is 80.8 Å². The van der Waals surface area contributed by atoms with Gasteiger partial charge in [0, 0.05) is 28.9 Å². The van der Waals surface area contributed by atoms with Gasteiger partial charge in [0.1, 0.15) is 6.42 Å². The molecule has 1 N–H and O–H groups in total. The number of hydrogen-bond acceptors (Lipinski definition) is 3. The van der Waals surface area contributed by atoms with Gasteiger partial charge in [-0.25, -0.2) is 0 Å². The number of carbonyl (C=O) groups is 1. The number of nitrogens with one attached hydrogen (secondary N) is 1. The van der Waals surface area contributed by atoms with Crippen molar-refractivity contribution in [1.82, 2.24) is 5.32 Å². The summed E-state index contributed by atoms with van der Waals surface area (Å²) in [7, 11) is -0.821. The summed E-state index contributed by atoms with van der Waals surface area (Å²) < 4.78 is 10.7. The van der Waals surface area contributed by atoms with Crippen LogP contribution in [0.15, 0.2) is 0 Å². The van der Waals surface area contributed by atoms with E-state index in [1.165, 1.54) is 0 Å². The number of amides is 1. The predicted molar refractivity (Wildman–Crippen MR) is 51.4 cm³/mol. The maximum atomic E-state index is 10.9. The van der Waals surface area contributed by atoms with E-state index in [1.54, 1.807) is 12.3 Å². The lowest BCUT2D eigenvalue weighted by Crippen LogP contribution is -2.33. The Hall–Kier alpha value is -0.890. The molecule has 0 saturated carbocycles. The first-order chi connectivity index (χ1) is 6.06. The van der Waals surface area contributed by atoms with E-state index in [-0.39, 0.29) is 18.4 Å². The molecule has 2 atom stereocenters. The van der Waals surface area contributed by atoms with Gasteiger partial charge in [-0.1, -0.05) is 0 Å². The van der Waals surface area contributed by atoms with Crippen molar-refractivity contribution >= 4 is 16.7 Å². The highest BCUT2D eigenvalue weighted by Gasteiger charge is 2.06. The molecule has 0 saturated heterocycles. The van der Waals surface area contributed by atoms with Gasteiger partial charge in [0.05, 0.1) is 6.07 Å². The summed E-state index contributed by atoms with van der Waals surface area (Å²) in [5.74, 6) is 0.311. The fraction of sp³-hybridized carbons (Fsp3) is 0.750. The van der Waals surface area contributed by atoms with Gasteiger partial charge in [-0.15, -0.1) is 0 Å². The molecule has 0 rings (SSSR count). The van der Waals surface area contributed by atoms with Gasteiger partial charge < -0.3 is 5.32 Å². The second-order valence-electron chi connectivity index (χ2n) is 2.87. The molecule has 2 unspecified atom stereocenters. The monoisotopic (exact) mass is 202 g/mol. The molecule has 0 aliphatic heterocycles. The van der Waals surface area contributed by atoms with Crippen molar-refractivity contribution in [2.45, 2.75) is 25.8 Å². The number of carbonyl (C=O) groups excluding carboxylic acids is 1. The Morgan fingerprint density at radius 3 is 2.77 bits per heavy atom.